The molecular formula is C21H14F6N4O6S2. The van der Waals surface area contributed by atoms with Crippen LogP contribution in [0.2, 0.25) is 0 Å². The van der Waals surface area contributed by atoms with Crippen LogP contribution in [0, 0.1) is 0 Å². The monoisotopic (exact) mass is 596 g/mol. The first-order valence-electron chi connectivity index (χ1n) is 10.3. The van der Waals surface area contributed by atoms with Gasteiger partial charge in [0.05, 0.1) is 16.3 Å². The van der Waals surface area contributed by atoms with Crippen LogP contribution in [0.1, 0.15) is 5.82 Å². The van der Waals surface area contributed by atoms with Gasteiger partial charge in [-0.25, -0.2) is 16.8 Å². The van der Waals surface area contributed by atoms with Crippen LogP contribution >= 0.6 is 0 Å². The average molecular weight is 596 g/mol. The number of hydrogen-bond acceptors (Lipinski definition) is 8. The second-order valence-corrected chi connectivity index (χ2v) is 11.5. The van der Waals surface area contributed by atoms with Crippen molar-refractivity contribution in [2.24, 2.45) is 0 Å². The van der Waals surface area contributed by atoms with E-state index in [9.17, 15) is 43.2 Å². The Morgan fingerprint density at radius 2 is 1.15 bits per heavy atom. The van der Waals surface area contributed by atoms with Gasteiger partial charge in [0.25, 0.3) is 20.0 Å². The van der Waals surface area contributed by atoms with Gasteiger partial charge in [-0.3, -0.25) is 4.40 Å². The Kier molecular flexibility index (Phi) is 7.21. The fourth-order valence-electron chi connectivity index (χ4n) is 3.28. The number of rotatable bonds is 8. The fraction of sp³-hybridized carbons (Fsp3) is 0.143. The number of fused-ring (bicyclic) bond motifs is 1. The van der Waals surface area contributed by atoms with E-state index in [2.05, 4.69) is 19.7 Å². The van der Waals surface area contributed by atoms with Crippen LogP contribution in [0.5, 0.6) is 11.5 Å². The average Bonchev–Trinajstić information content (AvgIpc) is 3.24. The van der Waals surface area contributed by atoms with E-state index >= 15 is 0 Å². The molecule has 0 fully saturated rings. The molecular weight excluding hydrogens is 582 g/mol. The third kappa shape index (κ3) is 6.40. The number of sulfonamides is 2. The lowest BCUT2D eigenvalue weighted by Crippen LogP contribution is -2.37. The molecule has 39 heavy (non-hydrogen) atoms. The second kappa shape index (κ2) is 10.0. The molecule has 2 heterocycles. The Bertz CT molecular complexity index is 1600. The van der Waals surface area contributed by atoms with Crippen molar-refractivity contribution in [2.45, 2.75) is 29.1 Å². The van der Waals surface area contributed by atoms with E-state index in [-0.39, 0.29) is 15.2 Å². The zero-order chi connectivity index (χ0) is 28.6. The van der Waals surface area contributed by atoms with Crippen molar-refractivity contribution < 1.29 is 52.7 Å². The van der Waals surface area contributed by atoms with Gasteiger partial charge in [-0.05, 0) is 60.7 Å². The highest BCUT2D eigenvalue weighted by molar-refractivity contribution is 8.04. The molecule has 208 valence electrons. The lowest BCUT2D eigenvalue weighted by atomic mass is 10.3. The summed E-state index contributed by atoms with van der Waals surface area (Å²) in [7, 11) is -10.1. The number of alkyl halides is 6. The van der Waals surface area contributed by atoms with E-state index in [1.54, 1.807) is 6.07 Å². The Balaban J connectivity index is 1.78. The maximum absolute atomic E-state index is 13.5. The van der Waals surface area contributed by atoms with Crippen LogP contribution in [0.25, 0.3) is 5.65 Å². The number of halogens is 6. The summed E-state index contributed by atoms with van der Waals surface area (Å²) in [6.45, 7) is -0.933. The Labute approximate surface area is 216 Å². The quantitative estimate of drug-likeness (QED) is 0.279. The summed E-state index contributed by atoms with van der Waals surface area (Å²) in [5.41, 5.74) is 0.240. The summed E-state index contributed by atoms with van der Waals surface area (Å²) >= 11 is 0. The number of pyridine rings is 1. The van der Waals surface area contributed by atoms with Crippen LogP contribution in [0.4, 0.5) is 26.3 Å². The molecule has 2 aromatic heterocycles. The van der Waals surface area contributed by atoms with Crippen LogP contribution in [-0.4, -0.2) is 47.9 Å². The second-order valence-electron chi connectivity index (χ2n) is 7.52. The van der Waals surface area contributed by atoms with Gasteiger partial charge in [0.1, 0.15) is 11.5 Å². The van der Waals surface area contributed by atoms with Crippen molar-refractivity contribution in [2.75, 3.05) is 0 Å². The molecule has 0 unspecified atom stereocenters. The van der Waals surface area contributed by atoms with Gasteiger partial charge in [0.15, 0.2) is 11.5 Å². The Morgan fingerprint density at radius 1 is 0.692 bits per heavy atom. The zero-order valence-electron chi connectivity index (χ0n) is 19.0. The van der Waals surface area contributed by atoms with Crippen LogP contribution in [0.3, 0.4) is 0 Å². The van der Waals surface area contributed by atoms with Gasteiger partial charge < -0.3 is 9.47 Å². The maximum Gasteiger partial charge on any atom is 0.573 e. The normalized spacial score (nSPS) is 13.1. The standard InChI is InChI=1S/C21H14F6N4O6S2/c22-20(23,24)36-14-4-8-16(9-5-14)38(32,33)31(13-19-29-28-18-3-1-2-12-30(18)19)39(34,35)17-10-6-15(7-11-17)37-21(25,26)27/h1-12H,13H2. The van der Waals surface area contributed by atoms with E-state index in [0.29, 0.717) is 48.5 Å². The minimum absolute atomic E-state index is 0.00268. The molecule has 0 atom stereocenters. The number of benzene rings is 2. The van der Waals surface area contributed by atoms with Gasteiger partial charge in [0.2, 0.25) is 0 Å². The molecule has 0 saturated carbocycles. The van der Waals surface area contributed by atoms with Crippen molar-refractivity contribution >= 4 is 25.7 Å². The third-order valence-corrected chi connectivity index (χ3v) is 9.15. The molecule has 0 saturated heterocycles. The highest BCUT2D eigenvalue weighted by Crippen LogP contribution is 2.31. The summed E-state index contributed by atoms with van der Waals surface area (Å²) in [5, 5.41) is 7.63. The van der Waals surface area contributed by atoms with E-state index in [4.69, 9.17) is 0 Å². The lowest BCUT2D eigenvalue weighted by molar-refractivity contribution is -0.275. The molecule has 0 radical (unpaired) electrons. The van der Waals surface area contributed by atoms with Crippen molar-refractivity contribution in [1.29, 1.82) is 0 Å². The van der Waals surface area contributed by atoms with Gasteiger partial charge in [-0.15, -0.1) is 36.5 Å². The van der Waals surface area contributed by atoms with Crippen molar-refractivity contribution in [3.8, 4) is 11.5 Å². The summed E-state index contributed by atoms with van der Waals surface area (Å²) in [6.07, 6.45) is -8.70. The SMILES string of the molecule is O=S(=O)(c1ccc(OC(F)(F)F)cc1)N(Cc1nnc2ccccn12)S(=O)(=O)c1ccc(OC(F)(F)F)cc1. The first-order valence-corrected chi connectivity index (χ1v) is 13.2. The summed E-state index contributed by atoms with van der Waals surface area (Å²) in [4.78, 5) is -1.46. The van der Waals surface area contributed by atoms with E-state index in [0.717, 1.165) is 0 Å². The molecule has 18 heteroatoms. The zero-order valence-corrected chi connectivity index (χ0v) is 20.6. The minimum atomic E-state index is -5.06. The molecule has 0 N–H and O–H groups in total. The molecule has 0 bridgehead atoms. The van der Waals surface area contributed by atoms with Gasteiger partial charge in [-0.2, -0.15) is 0 Å². The van der Waals surface area contributed by atoms with Crippen molar-refractivity contribution in [3.05, 3.63) is 78.8 Å². The molecule has 0 aliphatic rings. The fourth-order valence-corrected chi connectivity index (χ4v) is 6.83. The van der Waals surface area contributed by atoms with Crippen LogP contribution in [-0.2, 0) is 26.6 Å². The first-order chi connectivity index (χ1) is 18.1. The maximum atomic E-state index is 13.5. The summed E-state index contributed by atoms with van der Waals surface area (Å²) in [6, 6.07) is 10.1. The predicted octanol–water partition coefficient (Wildman–Crippen LogP) is 4.11. The largest absolute Gasteiger partial charge is 0.573 e. The highest BCUT2D eigenvalue weighted by Gasteiger charge is 2.39. The molecule has 0 spiro atoms. The molecule has 10 nitrogen and oxygen atoms in total. The Morgan fingerprint density at radius 3 is 1.59 bits per heavy atom. The van der Waals surface area contributed by atoms with E-state index in [1.807, 2.05) is 0 Å². The smallest absolute Gasteiger partial charge is 0.406 e. The third-order valence-electron chi connectivity index (χ3n) is 4.90. The van der Waals surface area contributed by atoms with Gasteiger partial charge >= 0.3 is 12.7 Å². The van der Waals surface area contributed by atoms with Crippen molar-refractivity contribution in [1.82, 2.24) is 18.3 Å². The minimum Gasteiger partial charge on any atom is -0.406 e. The van der Waals surface area contributed by atoms with Crippen LogP contribution < -0.4 is 9.47 Å². The predicted molar refractivity (Wildman–Crippen MR) is 119 cm³/mol. The topological polar surface area (TPSA) is 120 Å². The number of hydrogen-bond donors (Lipinski definition) is 0. The van der Waals surface area contributed by atoms with Crippen molar-refractivity contribution in [3.63, 3.8) is 0 Å². The summed E-state index contributed by atoms with van der Waals surface area (Å²) in [5.74, 6) is -1.69. The molecule has 2 aromatic carbocycles. The molecule has 0 amide bonds. The summed E-state index contributed by atoms with van der Waals surface area (Å²) < 4.78 is 138. The molecule has 0 aliphatic heterocycles. The number of aromatic nitrogens is 3. The molecule has 4 rings (SSSR count). The van der Waals surface area contributed by atoms with E-state index < -0.39 is 60.6 Å². The number of nitrogens with zero attached hydrogens (tertiary/aromatic N) is 4. The number of ether oxygens (including phenoxy) is 2. The van der Waals surface area contributed by atoms with E-state index in [1.165, 1.54) is 22.7 Å². The van der Waals surface area contributed by atoms with Gasteiger partial charge in [0, 0.05) is 6.20 Å². The highest BCUT2D eigenvalue weighted by atomic mass is 32.3. The van der Waals surface area contributed by atoms with Crippen LogP contribution in [0.15, 0.2) is 82.7 Å². The first kappa shape index (κ1) is 28.1. The van der Waals surface area contributed by atoms with Gasteiger partial charge in [-0.1, -0.05) is 9.78 Å². The molecule has 0 aliphatic carbocycles. The lowest BCUT2D eigenvalue weighted by Gasteiger charge is -2.22. The molecule has 4 aromatic rings. The Hall–Kier alpha value is -3.90.